The molecule has 2 aromatic rings. The van der Waals surface area contributed by atoms with E-state index in [1.54, 1.807) is 12.1 Å². The zero-order chi connectivity index (χ0) is 18.9. The summed E-state index contributed by atoms with van der Waals surface area (Å²) in [4.78, 5) is 12.8. The van der Waals surface area contributed by atoms with E-state index in [1.807, 2.05) is 24.3 Å². The first-order chi connectivity index (χ1) is 12.3. The first-order valence-corrected chi connectivity index (χ1v) is 11.5. The van der Waals surface area contributed by atoms with Crippen LogP contribution in [0.3, 0.4) is 0 Å². The predicted octanol–water partition coefficient (Wildman–Crippen LogP) is 4.43. The fourth-order valence-corrected chi connectivity index (χ4v) is 6.84. The summed E-state index contributed by atoms with van der Waals surface area (Å²) in [6.07, 6.45) is 1.21. The summed E-state index contributed by atoms with van der Waals surface area (Å²) in [5.41, 5.74) is 1.83. The number of thiophene rings is 1. The molecule has 1 amide bonds. The summed E-state index contributed by atoms with van der Waals surface area (Å²) in [6, 6.07) is 10.3. The van der Waals surface area contributed by atoms with E-state index >= 15 is 0 Å². The number of nitrogens with zero attached hydrogens (tertiary/aromatic N) is 1. The predicted molar refractivity (Wildman–Crippen MR) is 108 cm³/mol. The van der Waals surface area contributed by atoms with Gasteiger partial charge in [0.15, 0.2) is 0 Å². The minimum atomic E-state index is -3.66. The summed E-state index contributed by atoms with van der Waals surface area (Å²) in [6.45, 7) is 4.54. The van der Waals surface area contributed by atoms with Gasteiger partial charge in [-0.25, -0.2) is 8.42 Å². The molecule has 1 N–H and O–H groups in total. The van der Waals surface area contributed by atoms with Crippen LogP contribution in [0, 0.1) is 0 Å². The molecular weight excluding hydrogens is 436 g/mol. The lowest BCUT2D eigenvalue weighted by Crippen LogP contribution is -2.42. The van der Waals surface area contributed by atoms with Crippen LogP contribution in [0.1, 0.15) is 38.2 Å². The number of rotatable bonds is 5. The van der Waals surface area contributed by atoms with E-state index in [2.05, 4.69) is 35.1 Å². The SMILES string of the molecule is CC(C)c1cccc(NC(=O)C2CCCN2S(=O)(=O)c2ccc(Br)s2)c1. The van der Waals surface area contributed by atoms with Gasteiger partial charge in [-0.2, -0.15) is 4.31 Å². The Balaban J connectivity index is 1.79. The molecule has 1 unspecified atom stereocenters. The fraction of sp³-hybridized carbons (Fsp3) is 0.389. The number of sulfonamides is 1. The zero-order valence-electron chi connectivity index (χ0n) is 14.6. The third-order valence-corrected chi connectivity index (χ3v) is 8.44. The van der Waals surface area contributed by atoms with E-state index in [0.29, 0.717) is 31.0 Å². The van der Waals surface area contributed by atoms with Crippen molar-refractivity contribution in [3.63, 3.8) is 0 Å². The Morgan fingerprint density at radius 3 is 2.73 bits per heavy atom. The minimum absolute atomic E-state index is 0.255. The zero-order valence-corrected chi connectivity index (χ0v) is 17.8. The highest BCUT2D eigenvalue weighted by Gasteiger charge is 2.40. The fourth-order valence-electron chi connectivity index (χ4n) is 3.04. The van der Waals surface area contributed by atoms with Gasteiger partial charge in [-0.1, -0.05) is 26.0 Å². The molecule has 1 fully saturated rings. The lowest BCUT2D eigenvalue weighted by atomic mass is 10.0. The number of nitrogens with one attached hydrogen (secondary N) is 1. The topological polar surface area (TPSA) is 66.5 Å². The minimum Gasteiger partial charge on any atom is -0.325 e. The molecule has 0 spiro atoms. The molecule has 8 heteroatoms. The van der Waals surface area contributed by atoms with Gasteiger partial charge < -0.3 is 5.32 Å². The van der Waals surface area contributed by atoms with E-state index < -0.39 is 16.1 Å². The Morgan fingerprint density at radius 1 is 1.31 bits per heavy atom. The summed E-state index contributed by atoms with van der Waals surface area (Å²) < 4.78 is 28.1. The van der Waals surface area contributed by atoms with Gasteiger partial charge in [-0.15, -0.1) is 11.3 Å². The Labute approximate surface area is 166 Å². The van der Waals surface area contributed by atoms with Gasteiger partial charge in [0.2, 0.25) is 5.91 Å². The largest absolute Gasteiger partial charge is 0.325 e. The summed E-state index contributed by atoms with van der Waals surface area (Å²) in [5, 5.41) is 2.89. The third kappa shape index (κ3) is 4.03. The number of hydrogen-bond acceptors (Lipinski definition) is 4. The molecule has 1 atom stereocenters. The van der Waals surface area contributed by atoms with Crippen molar-refractivity contribution < 1.29 is 13.2 Å². The molecule has 0 saturated carbocycles. The van der Waals surface area contributed by atoms with Crippen molar-refractivity contribution in [2.24, 2.45) is 0 Å². The first-order valence-electron chi connectivity index (χ1n) is 8.47. The van der Waals surface area contributed by atoms with Crippen LogP contribution >= 0.6 is 27.3 Å². The van der Waals surface area contributed by atoms with Gasteiger partial charge in [0.05, 0.1) is 3.79 Å². The molecule has 0 radical (unpaired) electrons. The number of halogens is 1. The maximum Gasteiger partial charge on any atom is 0.253 e. The van der Waals surface area contributed by atoms with Crippen molar-refractivity contribution in [2.75, 3.05) is 11.9 Å². The standard InChI is InChI=1S/C18H21BrN2O3S2/c1-12(2)13-5-3-6-14(11-13)20-18(22)15-7-4-10-21(15)26(23,24)17-9-8-16(19)25-17/h3,5-6,8-9,11-12,15H,4,7,10H2,1-2H3,(H,20,22). The molecular formula is C18H21BrN2O3S2. The molecule has 1 aromatic heterocycles. The van der Waals surface area contributed by atoms with Gasteiger partial charge >= 0.3 is 0 Å². The summed E-state index contributed by atoms with van der Waals surface area (Å²) >= 11 is 4.46. The quantitative estimate of drug-likeness (QED) is 0.723. The lowest BCUT2D eigenvalue weighted by molar-refractivity contribution is -0.119. The van der Waals surface area contributed by atoms with Gasteiger partial charge in [0, 0.05) is 12.2 Å². The number of amides is 1. The van der Waals surface area contributed by atoms with Crippen molar-refractivity contribution in [3.8, 4) is 0 Å². The Kier molecular flexibility index (Phi) is 5.86. The second-order valence-electron chi connectivity index (χ2n) is 6.60. The number of carbonyl (C=O) groups is 1. The molecule has 1 aromatic carbocycles. The average Bonchev–Trinajstić information content (AvgIpc) is 3.24. The first kappa shape index (κ1) is 19.5. The van der Waals surface area contributed by atoms with Gasteiger partial charge in [0.1, 0.15) is 10.3 Å². The summed E-state index contributed by atoms with van der Waals surface area (Å²) in [7, 11) is -3.66. The Morgan fingerprint density at radius 2 is 2.08 bits per heavy atom. The number of hydrogen-bond donors (Lipinski definition) is 1. The van der Waals surface area contributed by atoms with Gasteiger partial charge in [-0.05, 0) is 64.5 Å². The third-order valence-electron chi connectivity index (χ3n) is 4.44. The van der Waals surface area contributed by atoms with Crippen molar-refractivity contribution in [2.45, 2.75) is 42.9 Å². The van der Waals surface area contributed by atoms with Gasteiger partial charge in [0.25, 0.3) is 10.0 Å². The maximum atomic E-state index is 12.9. The lowest BCUT2D eigenvalue weighted by Gasteiger charge is -2.22. The second-order valence-corrected chi connectivity index (χ2v) is 11.2. The van der Waals surface area contributed by atoms with Crippen molar-refractivity contribution in [3.05, 3.63) is 45.7 Å². The highest BCUT2D eigenvalue weighted by Crippen LogP contribution is 2.32. The molecule has 5 nitrogen and oxygen atoms in total. The van der Waals surface area contributed by atoms with Crippen LogP contribution in [0.2, 0.25) is 0 Å². The van der Waals surface area contributed by atoms with Crippen LogP contribution in [-0.4, -0.2) is 31.2 Å². The van der Waals surface area contributed by atoms with E-state index in [9.17, 15) is 13.2 Å². The van der Waals surface area contributed by atoms with Crippen molar-refractivity contribution >= 4 is 48.9 Å². The Hall–Kier alpha value is -1.22. The van der Waals surface area contributed by atoms with Crippen LogP contribution in [-0.2, 0) is 14.8 Å². The van der Waals surface area contributed by atoms with Crippen LogP contribution in [0.4, 0.5) is 5.69 Å². The van der Waals surface area contributed by atoms with E-state index in [-0.39, 0.29) is 10.1 Å². The van der Waals surface area contributed by atoms with Crippen LogP contribution in [0.5, 0.6) is 0 Å². The van der Waals surface area contributed by atoms with Gasteiger partial charge in [-0.3, -0.25) is 4.79 Å². The highest BCUT2D eigenvalue weighted by molar-refractivity contribution is 9.11. The van der Waals surface area contributed by atoms with Crippen LogP contribution < -0.4 is 5.32 Å². The molecule has 1 aliphatic rings. The molecule has 1 aliphatic heterocycles. The van der Waals surface area contributed by atoms with Crippen molar-refractivity contribution in [1.82, 2.24) is 4.31 Å². The average molecular weight is 457 g/mol. The van der Waals surface area contributed by atoms with Crippen LogP contribution in [0.15, 0.2) is 44.4 Å². The maximum absolute atomic E-state index is 12.9. The second kappa shape index (κ2) is 7.80. The van der Waals surface area contributed by atoms with E-state index in [4.69, 9.17) is 0 Å². The monoisotopic (exact) mass is 456 g/mol. The molecule has 140 valence electrons. The molecule has 0 aliphatic carbocycles. The van der Waals surface area contributed by atoms with E-state index in [0.717, 1.165) is 20.7 Å². The number of anilines is 1. The highest BCUT2D eigenvalue weighted by atomic mass is 79.9. The molecule has 2 heterocycles. The summed E-state index contributed by atoms with van der Waals surface area (Å²) in [5.74, 6) is 0.0788. The van der Waals surface area contributed by atoms with Crippen molar-refractivity contribution in [1.29, 1.82) is 0 Å². The smallest absolute Gasteiger partial charge is 0.253 e. The molecule has 0 bridgehead atoms. The van der Waals surface area contributed by atoms with E-state index in [1.165, 1.54) is 4.31 Å². The number of carbonyl (C=O) groups excluding carboxylic acids is 1. The molecule has 26 heavy (non-hydrogen) atoms. The molecule has 1 saturated heterocycles. The molecule has 3 rings (SSSR count). The Bertz CT molecular complexity index is 909. The number of benzene rings is 1. The normalized spacial score (nSPS) is 18.4. The van der Waals surface area contributed by atoms with Crippen LogP contribution in [0.25, 0.3) is 0 Å².